The van der Waals surface area contributed by atoms with Crippen LogP contribution in [0.3, 0.4) is 0 Å². The zero-order valence-electron chi connectivity index (χ0n) is 25.2. The number of terminal acetylenes is 1. The topological polar surface area (TPSA) is 86.6 Å². The molecule has 0 saturated carbocycles. The van der Waals surface area contributed by atoms with Crippen LogP contribution in [0.2, 0.25) is 0 Å². The molecule has 0 unspecified atom stereocenters. The first kappa shape index (κ1) is 30.1. The molecule has 4 aliphatic heterocycles. The molecule has 4 aromatic rings. The van der Waals surface area contributed by atoms with Gasteiger partial charge in [-0.3, -0.25) is 9.88 Å². The molecule has 8 rings (SSSR count). The van der Waals surface area contributed by atoms with E-state index in [0.29, 0.717) is 31.3 Å². The fraction of sp³-hybridized carbons (Fsp3) is 0.441. The number of aromatic nitrogens is 3. The van der Waals surface area contributed by atoms with E-state index in [-0.39, 0.29) is 76.3 Å². The van der Waals surface area contributed by atoms with Crippen LogP contribution in [0.25, 0.3) is 32.9 Å². The van der Waals surface area contributed by atoms with Gasteiger partial charge in [0, 0.05) is 49.2 Å². The highest BCUT2D eigenvalue weighted by Gasteiger charge is 2.52. The maximum Gasteiger partial charge on any atom is 0.319 e. The summed E-state index contributed by atoms with van der Waals surface area (Å²) < 4.78 is 81.0. The van der Waals surface area contributed by atoms with Crippen molar-refractivity contribution in [2.24, 2.45) is 0 Å². The maximum absolute atomic E-state index is 16.8. The van der Waals surface area contributed by atoms with Gasteiger partial charge in [-0.1, -0.05) is 12.0 Å². The number of fused-ring (bicyclic) bond motifs is 5. The highest BCUT2D eigenvalue weighted by Crippen LogP contribution is 2.43. The number of phenols is 1. The van der Waals surface area contributed by atoms with Gasteiger partial charge < -0.3 is 20.1 Å². The van der Waals surface area contributed by atoms with E-state index in [1.165, 1.54) is 30.5 Å². The molecule has 2 aromatic heterocycles. The predicted molar refractivity (Wildman–Crippen MR) is 165 cm³/mol. The van der Waals surface area contributed by atoms with Crippen molar-refractivity contribution in [2.75, 3.05) is 37.7 Å². The van der Waals surface area contributed by atoms with Crippen LogP contribution >= 0.6 is 0 Å². The molecule has 0 radical (unpaired) electrons. The molecule has 4 fully saturated rings. The van der Waals surface area contributed by atoms with Gasteiger partial charge in [-0.05, 0) is 55.8 Å². The zero-order valence-corrected chi connectivity index (χ0v) is 25.2. The van der Waals surface area contributed by atoms with Crippen molar-refractivity contribution in [3.63, 3.8) is 0 Å². The molecule has 47 heavy (non-hydrogen) atoms. The van der Waals surface area contributed by atoms with Gasteiger partial charge in [-0.2, -0.15) is 9.97 Å². The minimum atomic E-state index is -2.64. The summed E-state index contributed by atoms with van der Waals surface area (Å²) >= 11 is 0. The second kappa shape index (κ2) is 10.9. The highest BCUT2D eigenvalue weighted by atomic mass is 19.3. The van der Waals surface area contributed by atoms with Gasteiger partial charge in [0.15, 0.2) is 5.82 Å². The highest BCUT2D eigenvalue weighted by molar-refractivity contribution is 6.03. The summed E-state index contributed by atoms with van der Waals surface area (Å²) in [5.74, 6) is 0.681. The molecule has 8 nitrogen and oxygen atoms in total. The number of rotatable bonds is 6. The van der Waals surface area contributed by atoms with Crippen LogP contribution in [0, 0.1) is 24.0 Å². The van der Waals surface area contributed by atoms with E-state index in [9.17, 15) is 22.7 Å². The van der Waals surface area contributed by atoms with E-state index in [2.05, 4.69) is 31.1 Å². The summed E-state index contributed by atoms with van der Waals surface area (Å²) in [5.41, 5.74) is -2.51. The third-order valence-electron chi connectivity index (χ3n) is 10.4. The average molecular weight is 651 g/mol. The number of halogens is 5. The number of aromatic hydroxyl groups is 1. The fourth-order valence-corrected chi connectivity index (χ4v) is 8.23. The molecule has 2 bridgehead atoms. The number of hydrogen-bond donors (Lipinski definition) is 2. The normalized spacial score (nSPS) is 27.2. The van der Waals surface area contributed by atoms with E-state index < -0.39 is 35.3 Å². The molecule has 0 spiro atoms. The SMILES string of the molecule is C#Cc1c(F)ccc2cc(O)cc(-c3ncc4c(N5C[C@@H]6CC[C@](C(F)F)(C5)N6)nc(OC[C@@]56CCCN5C[C@H](F)C6)nc4c3F)c12. The molecule has 4 aliphatic rings. The Morgan fingerprint density at radius 2 is 2.02 bits per heavy atom. The van der Waals surface area contributed by atoms with Crippen LogP contribution in [-0.4, -0.2) is 87.5 Å². The van der Waals surface area contributed by atoms with E-state index >= 15 is 4.39 Å². The first-order valence-corrected chi connectivity index (χ1v) is 15.7. The van der Waals surface area contributed by atoms with Gasteiger partial charge in [0.2, 0.25) is 0 Å². The van der Waals surface area contributed by atoms with Crippen LogP contribution in [0.1, 0.15) is 37.7 Å². The minimum absolute atomic E-state index is 0.0479. The minimum Gasteiger partial charge on any atom is -0.508 e. The van der Waals surface area contributed by atoms with Crippen molar-refractivity contribution in [1.82, 2.24) is 25.2 Å². The van der Waals surface area contributed by atoms with Gasteiger partial charge in [-0.25, -0.2) is 22.0 Å². The van der Waals surface area contributed by atoms with E-state index in [0.717, 1.165) is 19.4 Å². The van der Waals surface area contributed by atoms with Crippen molar-refractivity contribution in [1.29, 1.82) is 0 Å². The number of benzene rings is 2. The van der Waals surface area contributed by atoms with Crippen molar-refractivity contribution < 1.29 is 31.8 Å². The van der Waals surface area contributed by atoms with Crippen molar-refractivity contribution >= 4 is 27.5 Å². The number of nitrogens with one attached hydrogen (secondary N) is 1. The van der Waals surface area contributed by atoms with Gasteiger partial charge in [0.25, 0.3) is 6.43 Å². The molecule has 2 aromatic carbocycles. The van der Waals surface area contributed by atoms with Crippen LogP contribution in [0.15, 0.2) is 30.5 Å². The number of piperazine rings is 1. The number of hydrogen-bond acceptors (Lipinski definition) is 8. The van der Waals surface area contributed by atoms with Crippen LogP contribution in [0.4, 0.5) is 27.8 Å². The smallest absolute Gasteiger partial charge is 0.319 e. The summed E-state index contributed by atoms with van der Waals surface area (Å²) in [4.78, 5) is 17.2. The molecule has 2 N–H and O–H groups in total. The second-order valence-electron chi connectivity index (χ2n) is 13.3. The standard InChI is InChI=1S/C34H31F5N6O2/c1-2-22-25(36)5-4-18-10-21(46)11-23(26(18)22)28-27(37)29-24(13-40-28)30(44-15-20-6-8-34(16-44,43-20)31(38)39)42-32(41-29)47-17-33-7-3-9-45(33)14-19(35)12-33/h1,4-5,10-11,13,19-20,31,43,46H,3,6-9,12,14-17H2/t19-,20+,33+,34-/m1/s1. The summed E-state index contributed by atoms with van der Waals surface area (Å²) in [5, 5.41) is 14.3. The number of pyridine rings is 1. The monoisotopic (exact) mass is 650 g/mol. The summed E-state index contributed by atoms with van der Waals surface area (Å²) in [6.45, 7) is 1.39. The summed E-state index contributed by atoms with van der Waals surface area (Å²) in [7, 11) is 0. The third-order valence-corrected chi connectivity index (χ3v) is 10.4. The Kier molecular flexibility index (Phi) is 6.97. The zero-order chi connectivity index (χ0) is 32.7. The Labute approximate surface area is 266 Å². The van der Waals surface area contributed by atoms with Crippen molar-refractivity contribution in [3.8, 4) is 35.4 Å². The lowest BCUT2D eigenvalue weighted by Crippen LogP contribution is -2.63. The number of ether oxygens (including phenoxy) is 1. The molecule has 6 heterocycles. The lowest BCUT2D eigenvalue weighted by molar-refractivity contribution is 0.0367. The first-order valence-electron chi connectivity index (χ1n) is 15.7. The van der Waals surface area contributed by atoms with E-state index in [4.69, 9.17) is 11.2 Å². The van der Waals surface area contributed by atoms with Crippen LogP contribution in [0.5, 0.6) is 11.8 Å². The summed E-state index contributed by atoms with van der Waals surface area (Å²) in [6.07, 6.45) is 6.09. The number of alkyl halides is 3. The Morgan fingerprint density at radius 1 is 1.17 bits per heavy atom. The number of nitrogens with zero attached hydrogens (tertiary/aromatic N) is 5. The number of anilines is 1. The molecule has 13 heteroatoms. The molecular weight excluding hydrogens is 619 g/mol. The second-order valence-corrected chi connectivity index (χ2v) is 13.3. The number of phenolic OH excluding ortho intramolecular Hbond substituents is 1. The largest absolute Gasteiger partial charge is 0.508 e. The van der Waals surface area contributed by atoms with E-state index in [1.807, 2.05) is 0 Å². The molecule has 4 atom stereocenters. The molecule has 244 valence electrons. The summed E-state index contributed by atoms with van der Waals surface area (Å²) in [6, 6.07) is 4.82. The Balaban J connectivity index is 1.28. The molecule has 4 saturated heterocycles. The van der Waals surface area contributed by atoms with Crippen molar-refractivity contribution in [2.45, 2.75) is 61.8 Å². The Hall–Kier alpha value is -4.28. The predicted octanol–water partition coefficient (Wildman–Crippen LogP) is 5.34. The first-order chi connectivity index (χ1) is 22.6. The van der Waals surface area contributed by atoms with Crippen LogP contribution < -0.4 is 15.0 Å². The fourth-order valence-electron chi connectivity index (χ4n) is 8.23. The van der Waals surface area contributed by atoms with E-state index in [1.54, 1.807) is 4.90 Å². The Morgan fingerprint density at radius 3 is 2.83 bits per heavy atom. The molecule has 0 amide bonds. The Bertz CT molecular complexity index is 1970. The van der Waals surface area contributed by atoms with Gasteiger partial charge >= 0.3 is 6.01 Å². The van der Waals surface area contributed by atoms with Crippen molar-refractivity contribution in [3.05, 3.63) is 47.7 Å². The van der Waals surface area contributed by atoms with Gasteiger partial charge in [-0.15, -0.1) is 6.42 Å². The van der Waals surface area contributed by atoms with Gasteiger partial charge in [0.1, 0.15) is 41.4 Å². The lowest BCUT2D eigenvalue weighted by Gasteiger charge is -2.41. The van der Waals surface area contributed by atoms with Gasteiger partial charge in [0.05, 0.1) is 22.0 Å². The lowest BCUT2D eigenvalue weighted by atomic mass is 9.95. The van der Waals surface area contributed by atoms with Crippen LogP contribution in [-0.2, 0) is 0 Å². The molecular formula is C34H31F5N6O2. The third kappa shape index (κ3) is 4.75. The maximum atomic E-state index is 16.8. The molecule has 0 aliphatic carbocycles. The average Bonchev–Trinajstić information content (AvgIpc) is 3.69. The quantitative estimate of drug-likeness (QED) is 0.214.